The van der Waals surface area contributed by atoms with Gasteiger partial charge in [-0.3, -0.25) is 0 Å². The minimum absolute atomic E-state index is 0.0546. The third kappa shape index (κ3) is 4.47. The second-order valence-electron chi connectivity index (χ2n) is 4.93. The number of aromatic carboxylic acids is 1. The number of methoxy groups -OCH3 is 1. The number of hydrogen-bond acceptors (Lipinski definition) is 5. The standard InChI is InChI=1S/C16H16ClNO5S/c1-23-14-7-4-12(16(19)20)10-15(14)24(21,22)18-9-8-11-2-5-13(17)6-3-11/h2-7,10,18H,8-9H2,1H3,(H,19,20)/p-1. The van der Waals surface area contributed by atoms with Gasteiger partial charge in [0.05, 0.1) is 13.1 Å². The maximum Gasteiger partial charge on any atom is 0.244 e. The van der Waals surface area contributed by atoms with Gasteiger partial charge in [-0.2, -0.15) is 0 Å². The molecule has 2 rings (SSSR count). The molecule has 8 heteroatoms. The number of carboxylic acids is 1. The molecule has 0 fully saturated rings. The number of carbonyl (C=O) groups excluding carboxylic acids is 1. The van der Waals surface area contributed by atoms with E-state index in [1.165, 1.54) is 19.2 Å². The zero-order valence-corrected chi connectivity index (χ0v) is 14.4. The summed E-state index contributed by atoms with van der Waals surface area (Å²) in [7, 11) is -2.62. The summed E-state index contributed by atoms with van der Waals surface area (Å²) in [6, 6.07) is 10.6. The first-order valence-corrected chi connectivity index (χ1v) is 8.83. The van der Waals surface area contributed by atoms with Crippen molar-refractivity contribution in [1.29, 1.82) is 0 Å². The van der Waals surface area contributed by atoms with Crippen molar-refractivity contribution < 1.29 is 23.1 Å². The van der Waals surface area contributed by atoms with E-state index < -0.39 is 16.0 Å². The van der Waals surface area contributed by atoms with Crippen molar-refractivity contribution in [3.05, 3.63) is 58.6 Å². The van der Waals surface area contributed by atoms with E-state index >= 15 is 0 Å². The van der Waals surface area contributed by atoms with E-state index in [0.29, 0.717) is 11.4 Å². The van der Waals surface area contributed by atoms with Crippen LogP contribution in [-0.4, -0.2) is 28.0 Å². The van der Waals surface area contributed by atoms with Crippen LogP contribution in [0.5, 0.6) is 5.75 Å². The average Bonchev–Trinajstić information content (AvgIpc) is 2.56. The summed E-state index contributed by atoms with van der Waals surface area (Å²) in [6.07, 6.45) is 0.457. The molecule has 128 valence electrons. The Morgan fingerprint density at radius 2 is 1.88 bits per heavy atom. The monoisotopic (exact) mass is 368 g/mol. The van der Waals surface area contributed by atoms with Gasteiger partial charge in [-0.05, 0) is 47.9 Å². The molecule has 0 aliphatic carbocycles. The molecular formula is C16H15ClNO5S-. The van der Waals surface area contributed by atoms with Crippen molar-refractivity contribution in [3.63, 3.8) is 0 Å². The van der Waals surface area contributed by atoms with Crippen LogP contribution in [0.2, 0.25) is 5.02 Å². The molecule has 0 heterocycles. The first-order chi connectivity index (χ1) is 11.3. The molecule has 1 N–H and O–H groups in total. The van der Waals surface area contributed by atoms with Crippen molar-refractivity contribution in [3.8, 4) is 5.75 Å². The Hall–Kier alpha value is -2.09. The van der Waals surface area contributed by atoms with Gasteiger partial charge in [0.2, 0.25) is 10.0 Å². The fourth-order valence-corrected chi connectivity index (χ4v) is 3.42. The molecule has 0 unspecified atom stereocenters. The third-order valence-electron chi connectivity index (χ3n) is 3.31. The molecule has 0 amide bonds. The Morgan fingerprint density at radius 3 is 2.46 bits per heavy atom. The van der Waals surface area contributed by atoms with Crippen molar-refractivity contribution in [2.24, 2.45) is 0 Å². The van der Waals surface area contributed by atoms with E-state index in [1.54, 1.807) is 24.3 Å². The summed E-state index contributed by atoms with van der Waals surface area (Å²) >= 11 is 5.79. The maximum atomic E-state index is 12.4. The summed E-state index contributed by atoms with van der Waals surface area (Å²) in [4.78, 5) is 10.7. The van der Waals surface area contributed by atoms with Gasteiger partial charge in [-0.15, -0.1) is 0 Å². The van der Waals surface area contributed by atoms with Gasteiger partial charge in [0, 0.05) is 11.6 Å². The van der Waals surface area contributed by atoms with Gasteiger partial charge >= 0.3 is 0 Å². The zero-order valence-electron chi connectivity index (χ0n) is 12.8. The second-order valence-corrected chi connectivity index (χ2v) is 7.10. The lowest BCUT2D eigenvalue weighted by molar-refractivity contribution is -0.255. The largest absolute Gasteiger partial charge is 0.545 e. The Bertz CT molecular complexity index is 834. The molecule has 2 aromatic carbocycles. The fourth-order valence-electron chi connectivity index (χ4n) is 2.07. The Morgan fingerprint density at radius 1 is 1.21 bits per heavy atom. The molecule has 0 aromatic heterocycles. The molecule has 0 radical (unpaired) electrons. The van der Waals surface area contributed by atoms with E-state index in [4.69, 9.17) is 16.3 Å². The number of halogens is 1. The first-order valence-electron chi connectivity index (χ1n) is 6.97. The fraction of sp³-hybridized carbons (Fsp3) is 0.188. The van der Waals surface area contributed by atoms with Crippen LogP contribution in [0, 0.1) is 0 Å². The predicted molar refractivity (Wildman–Crippen MR) is 87.7 cm³/mol. The number of ether oxygens (including phenoxy) is 1. The lowest BCUT2D eigenvalue weighted by Gasteiger charge is -2.13. The van der Waals surface area contributed by atoms with E-state index in [-0.39, 0.29) is 22.8 Å². The molecule has 0 aliphatic heterocycles. The van der Waals surface area contributed by atoms with E-state index in [9.17, 15) is 18.3 Å². The maximum absolute atomic E-state index is 12.4. The Balaban J connectivity index is 2.15. The molecule has 2 aromatic rings. The number of sulfonamides is 1. The lowest BCUT2D eigenvalue weighted by Crippen LogP contribution is -2.27. The Kier molecular flexibility index (Phi) is 5.82. The molecular weight excluding hydrogens is 354 g/mol. The highest BCUT2D eigenvalue weighted by atomic mass is 35.5. The molecule has 6 nitrogen and oxygen atoms in total. The number of benzene rings is 2. The van der Waals surface area contributed by atoms with Crippen LogP contribution in [0.4, 0.5) is 0 Å². The molecule has 0 saturated heterocycles. The minimum atomic E-state index is -3.93. The minimum Gasteiger partial charge on any atom is -0.545 e. The molecule has 24 heavy (non-hydrogen) atoms. The summed E-state index contributed by atoms with van der Waals surface area (Å²) in [5, 5.41) is 11.5. The van der Waals surface area contributed by atoms with Crippen molar-refractivity contribution in [2.45, 2.75) is 11.3 Å². The quantitative estimate of drug-likeness (QED) is 0.793. The first kappa shape index (κ1) is 18.3. The van der Waals surface area contributed by atoms with Crippen LogP contribution >= 0.6 is 11.6 Å². The summed E-state index contributed by atoms with van der Waals surface area (Å²) < 4.78 is 32.2. The highest BCUT2D eigenvalue weighted by Gasteiger charge is 2.20. The van der Waals surface area contributed by atoms with E-state index in [2.05, 4.69) is 4.72 Å². The topological polar surface area (TPSA) is 95.5 Å². The van der Waals surface area contributed by atoms with Gasteiger partial charge in [0.25, 0.3) is 0 Å². The normalized spacial score (nSPS) is 11.2. The number of hydrogen-bond donors (Lipinski definition) is 1. The molecule has 0 atom stereocenters. The van der Waals surface area contributed by atoms with Gasteiger partial charge < -0.3 is 14.6 Å². The van der Waals surface area contributed by atoms with Crippen molar-refractivity contribution in [2.75, 3.05) is 13.7 Å². The molecule has 0 aliphatic rings. The SMILES string of the molecule is COc1ccc(C(=O)[O-])cc1S(=O)(=O)NCCc1ccc(Cl)cc1. The number of carbonyl (C=O) groups is 1. The van der Waals surface area contributed by atoms with Crippen molar-refractivity contribution >= 4 is 27.6 Å². The lowest BCUT2D eigenvalue weighted by atomic mass is 10.2. The summed E-state index contributed by atoms with van der Waals surface area (Å²) in [6.45, 7) is 0.142. The van der Waals surface area contributed by atoms with Gasteiger partial charge in [0.15, 0.2) is 0 Å². The number of nitrogens with one attached hydrogen (secondary N) is 1. The highest BCUT2D eigenvalue weighted by molar-refractivity contribution is 7.89. The van der Waals surface area contributed by atoms with Crippen LogP contribution in [0.3, 0.4) is 0 Å². The highest BCUT2D eigenvalue weighted by Crippen LogP contribution is 2.24. The van der Waals surface area contributed by atoms with Crippen LogP contribution in [0.1, 0.15) is 15.9 Å². The summed E-state index contributed by atoms with van der Waals surface area (Å²) in [5.74, 6) is -1.41. The van der Waals surface area contributed by atoms with Crippen LogP contribution in [0.25, 0.3) is 0 Å². The van der Waals surface area contributed by atoms with Gasteiger partial charge in [-0.1, -0.05) is 23.7 Å². The third-order valence-corrected chi connectivity index (χ3v) is 5.04. The molecule has 0 saturated carbocycles. The number of carboxylic acid groups (broad SMARTS) is 1. The van der Waals surface area contributed by atoms with Crippen LogP contribution in [-0.2, 0) is 16.4 Å². The Labute approximate surface area is 145 Å². The average molecular weight is 369 g/mol. The molecule has 0 bridgehead atoms. The van der Waals surface area contributed by atoms with Gasteiger partial charge in [0.1, 0.15) is 10.6 Å². The number of rotatable bonds is 7. The zero-order chi connectivity index (χ0) is 17.7. The van der Waals surface area contributed by atoms with E-state index in [1.807, 2.05) is 0 Å². The van der Waals surface area contributed by atoms with Crippen LogP contribution in [0.15, 0.2) is 47.4 Å². The van der Waals surface area contributed by atoms with Crippen molar-refractivity contribution in [1.82, 2.24) is 4.72 Å². The predicted octanol–water partition coefficient (Wildman–Crippen LogP) is 1.23. The van der Waals surface area contributed by atoms with E-state index in [0.717, 1.165) is 11.6 Å². The second kappa shape index (κ2) is 7.65. The van der Waals surface area contributed by atoms with Gasteiger partial charge in [-0.25, -0.2) is 13.1 Å². The summed E-state index contributed by atoms with van der Waals surface area (Å²) in [5.41, 5.74) is 0.673. The smallest absolute Gasteiger partial charge is 0.244 e. The van der Waals surface area contributed by atoms with Crippen LogP contribution < -0.4 is 14.6 Å². The molecule has 0 spiro atoms.